The van der Waals surface area contributed by atoms with Gasteiger partial charge in [0, 0.05) is 25.9 Å². The molecule has 0 bridgehead atoms. The van der Waals surface area contributed by atoms with Gasteiger partial charge in [0.05, 0.1) is 11.4 Å². The van der Waals surface area contributed by atoms with E-state index in [2.05, 4.69) is 10.6 Å². The molecule has 0 saturated heterocycles. The highest BCUT2D eigenvalue weighted by molar-refractivity contribution is 6.21. The van der Waals surface area contributed by atoms with Gasteiger partial charge in [-0.1, -0.05) is 64.8 Å². The van der Waals surface area contributed by atoms with E-state index in [1.165, 1.54) is 12.1 Å². The summed E-state index contributed by atoms with van der Waals surface area (Å²) >= 11 is 0. The van der Waals surface area contributed by atoms with E-state index in [1.54, 1.807) is 21.9 Å². The van der Waals surface area contributed by atoms with Crippen LogP contribution in [0, 0.1) is 17.8 Å². The van der Waals surface area contributed by atoms with Crippen molar-refractivity contribution in [1.82, 2.24) is 10.6 Å². The fourth-order valence-corrected chi connectivity index (χ4v) is 5.86. The Morgan fingerprint density at radius 2 is 1.38 bits per heavy atom. The topological polar surface area (TPSA) is 119 Å². The Morgan fingerprint density at radius 3 is 1.88 bits per heavy atom. The minimum absolute atomic E-state index is 0.0923. The minimum atomic E-state index is -1.45. The van der Waals surface area contributed by atoms with Crippen LogP contribution < -0.4 is 20.4 Å². The van der Waals surface area contributed by atoms with E-state index in [0.717, 1.165) is 31.2 Å². The third-order valence-corrected chi connectivity index (χ3v) is 7.85. The largest absolute Gasteiger partial charge is 0.508 e. The van der Waals surface area contributed by atoms with E-state index in [4.69, 9.17) is 0 Å². The molecule has 3 N–H and O–H groups in total. The van der Waals surface area contributed by atoms with Gasteiger partial charge in [-0.25, -0.2) is 0 Å². The number of hydrogen-bond donors (Lipinski definition) is 3. The molecule has 1 heterocycles. The third kappa shape index (κ3) is 7.69. The van der Waals surface area contributed by atoms with Gasteiger partial charge >= 0.3 is 0 Å². The van der Waals surface area contributed by atoms with Crippen LogP contribution in [0.15, 0.2) is 48.5 Å². The maximum absolute atomic E-state index is 14.0. The number of para-hydroxylation sites is 2. The fourth-order valence-electron chi connectivity index (χ4n) is 5.86. The predicted octanol–water partition coefficient (Wildman–Crippen LogP) is 4.18. The molecule has 0 aromatic heterocycles. The highest BCUT2D eigenvalue weighted by Crippen LogP contribution is 2.34. The highest BCUT2D eigenvalue weighted by atomic mass is 16.3. The van der Waals surface area contributed by atoms with Crippen molar-refractivity contribution >= 4 is 35.0 Å². The molecule has 1 fully saturated rings. The lowest BCUT2D eigenvalue weighted by Gasteiger charge is -2.27. The van der Waals surface area contributed by atoms with E-state index in [0.29, 0.717) is 36.8 Å². The molecule has 4 amide bonds. The molecule has 2 aliphatic rings. The Kier molecular flexibility index (Phi) is 10.2. The third-order valence-electron chi connectivity index (χ3n) is 7.85. The summed E-state index contributed by atoms with van der Waals surface area (Å²) in [5, 5.41) is 15.3. The maximum atomic E-state index is 14.0. The van der Waals surface area contributed by atoms with Gasteiger partial charge in [0.25, 0.3) is 11.8 Å². The zero-order chi connectivity index (χ0) is 30.4. The van der Waals surface area contributed by atoms with Crippen molar-refractivity contribution in [3.05, 3.63) is 54.1 Å². The first-order chi connectivity index (χ1) is 20.0. The van der Waals surface area contributed by atoms with Crippen molar-refractivity contribution in [1.29, 1.82) is 0 Å². The number of aromatic hydroxyl groups is 1. The molecule has 1 saturated carbocycles. The minimum Gasteiger partial charge on any atom is -0.508 e. The van der Waals surface area contributed by atoms with Crippen LogP contribution in [0.25, 0.3) is 0 Å². The average Bonchev–Trinajstić information content (AvgIpc) is 3.44. The first-order valence-electron chi connectivity index (χ1n) is 15.1. The van der Waals surface area contributed by atoms with Crippen LogP contribution in [0.2, 0.25) is 0 Å². The van der Waals surface area contributed by atoms with E-state index in [1.807, 2.05) is 52.0 Å². The first-order valence-corrected chi connectivity index (χ1v) is 15.1. The van der Waals surface area contributed by atoms with Crippen LogP contribution >= 0.6 is 0 Å². The predicted molar refractivity (Wildman–Crippen MR) is 163 cm³/mol. The fraction of sp³-hybridized carbons (Fsp3) is 0.515. The summed E-state index contributed by atoms with van der Waals surface area (Å²) < 4.78 is 0. The molecule has 9 heteroatoms. The van der Waals surface area contributed by atoms with Crippen molar-refractivity contribution < 1.29 is 24.3 Å². The van der Waals surface area contributed by atoms with E-state index >= 15 is 0 Å². The number of carbonyl (C=O) groups excluding carboxylic acids is 4. The monoisotopic (exact) mass is 576 g/mol. The molecule has 0 radical (unpaired) electrons. The van der Waals surface area contributed by atoms with Crippen LogP contribution in [0.4, 0.5) is 11.4 Å². The molecule has 4 rings (SSSR count). The standard InChI is InChI=1S/C33H44N4O5/c1-21(2)19-36-27-11-7-8-12-28(27)37(20-22(3)4)33(42)30(32(36)41)35-31(40)26(17-24-13-15-25(38)16-14-24)34-29(39)18-23-9-5-6-10-23/h7-8,11-16,21-23,26,30,38H,5-6,9-10,17-20H2,1-4H3,(H,34,39)(H,35,40)/t26-/m0/s1. The molecule has 0 spiro atoms. The van der Waals surface area contributed by atoms with Gasteiger partial charge in [-0.2, -0.15) is 0 Å². The summed E-state index contributed by atoms with van der Waals surface area (Å²) in [6, 6.07) is 11.3. The lowest BCUT2D eigenvalue weighted by atomic mass is 10.0. The summed E-state index contributed by atoms with van der Waals surface area (Å²) in [5.41, 5.74) is 1.99. The SMILES string of the molecule is CC(C)CN1C(=O)C(NC(=O)[C@H](Cc2ccc(O)cc2)NC(=O)CC2CCCC2)C(=O)N(CC(C)C)c2ccccc21. The molecule has 1 atom stereocenters. The van der Waals surface area contributed by atoms with Crippen LogP contribution in [0.1, 0.15) is 65.4 Å². The molecule has 42 heavy (non-hydrogen) atoms. The Balaban J connectivity index is 1.64. The van der Waals surface area contributed by atoms with E-state index in [9.17, 15) is 24.3 Å². The number of rotatable bonds is 11. The highest BCUT2D eigenvalue weighted by Gasteiger charge is 2.42. The van der Waals surface area contributed by atoms with Crippen LogP contribution in [0.3, 0.4) is 0 Å². The number of hydrogen-bond acceptors (Lipinski definition) is 5. The molecule has 226 valence electrons. The lowest BCUT2D eigenvalue weighted by molar-refractivity contribution is -0.135. The Morgan fingerprint density at radius 1 is 0.857 bits per heavy atom. The van der Waals surface area contributed by atoms with Crippen LogP contribution in [-0.2, 0) is 25.6 Å². The van der Waals surface area contributed by atoms with Gasteiger partial charge in [-0.3, -0.25) is 19.2 Å². The Hall–Kier alpha value is -3.88. The molecular weight excluding hydrogens is 532 g/mol. The summed E-state index contributed by atoms with van der Waals surface area (Å²) in [6.07, 6.45) is 4.66. The van der Waals surface area contributed by atoms with Crippen molar-refractivity contribution in [2.24, 2.45) is 17.8 Å². The number of phenolic OH excluding ortho intramolecular Hbond substituents is 1. The average molecular weight is 577 g/mol. The van der Waals surface area contributed by atoms with Gasteiger partial charge in [0.1, 0.15) is 11.8 Å². The summed E-state index contributed by atoms with van der Waals surface area (Å²) in [7, 11) is 0. The van der Waals surface area contributed by atoms with Crippen molar-refractivity contribution in [3.8, 4) is 5.75 Å². The number of amides is 4. The van der Waals surface area contributed by atoms with Gasteiger partial charge < -0.3 is 25.5 Å². The van der Waals surface area contributed by atoms with Gasteiger partial charge in [-0.15, -0.1) is 0 Å². The molecule has 1 aliphatic carbocycles. The summed E-state index contributed by atoms with van der Waals surface area (Å²) in [5.74, 6) is -1.22. The number of fused-ring (bicyclic) bond motifs is 1. The second kappa shape index (κ2) is 13.9. The molecule has 0 unspecified atom stereocenters. The number of benzene rings is 2. The zero-order valence-corrected chi connectivity index (χ0v) is 25.1. The molecule has 2 aromatic carbocycles. The summed E-state index contributed by atoms with van der Waals surface area (Å²) in [6.45, 7) is 8.73. The summed E-state index contributed by atoms with van der Waals surface area (Å²) in [4.78, 5) is 58.2. The van der Waals surface area contributed by atoms with E-state index < -0.39 is 29.8 Å². The van der Waals surface area contributed by atoms with Crippen molar-refractivity contribution in [3.63, 3.8) is 0 Å². The number of phenols is 1. The number of anilines is 2. The van der Waals surface area contributed by atoms with Crippen molar-refractivity contribution in [2.75, 3.05) is 22.9 Å². The number of nitrogens with one attached hydrogen (secondary N) is 2. The van der Waals surface area contributed by atoms with E-state index in [-0.39, 0.29) is 29.9 Å². The maximum Gasteiger partial charge on any atom is 0.259 e. The smallest absolute Gasteiger partial charge is 0.259 e. The molecule has 1 aliphatic heterocycles. The van der Waals surface area contributed by atoms with Gasteiger partial charge in [0.15, 0.2) is 6.04 Å². The normalized spacial score (nSPS) is 17.0. The van der Waals surface area contributed by atoms with Gasteiger partial charge in [0.2, 0.25) is 11.8 Å². The molecule has 9 nitrogen and oxygen atoms in total. The van der Waals surface area contributed by atoms with Gasteiger partial charge in [-0.05, 0) is 60.4 Å². The lowest BCUT2D eigenvalue weighted by Crippen LogP contribution is -2.60. The van der Waals surface area contributed by atoms with Crippen LogP contribution in [0.5, 0.6) is 5.75 Å². The second-order valence-corrected chi connectivity index (χ2v) is 12.5. The zero-order valence-electron chi connectivity index (χ0n) is 25.1. The Bertz CT molecular complexity index is 1220. The second-order valence-electron chi connectivity index (χ2n) is 12.5. The van der Waals surface area contributed by atoms with Crippen LogP contribution in [-0.4, -0.2) is 53.9 Å². The number of carbonyl (C=O) groups is 4. The number of nitrogens with zero attached hydrogens (tertiary/aromatic N) is 2. The Labute approximate surface area is 248 Å². The first kappa shape index (κ1) is 31.1. The molecule has 2 aromatic rings. The van der Waals surface area contributed by atoms with Crippen molar-refractivity contribution in [2.45, 2.75) is 78.3 Å². The molecular formula is C33H44N4O5. The quantitative estimate of drug-likeness (QED) is 0.347.